The van der Waals surface area contributed by atoms with Crippen molar-refractivity contribution >= 4 is 5.78 Å². The quantitative estimate of drug-likeness (QED) is 0.242. The van der Waals surface area contributed by atoms with Crippen LogP contribution < -0.4 is 0 Å². The number of hydrogen-bond donors (Lipinski definition) is 0. The smallest absolute Gasteiger partial charge is 0.162 e. The second-order valence-corrected chi connectivity index (χ2v) is 10.1. The third-order valence-corrected chi connectivity index (χ3v) is 7.62. The molecule has 0 spiro atoms. The van der Waals surface area contributed by atoms with E-state index in [-0.39, 0.29) is 11.2 Å². The summed E-state index contributed by atoms with van der Waals surface area (Å²) in [5, 5.41) is 9.89. The van der Waals surface area contributed by atoms with Crippen LogP contribution in [0.15, 0.2) is 48.5 Å². The van der Waals surface area contributed by atoms with Gasteiger partial charge in [0.2, 0.25) is 0 Å². The lowest BCUT2D eigenvalue weighted by molar-refractivity contribution is 0.0980. The van der Waals surface area contributed by atoms with E-state index < -0.39 is 0 Å². The molecule has 33 heavy (non-hydrogen) atoms. The lowest BCUT2D eigenvalue weighted by Gasteiger charge is -2.35. The monoisotopic (exact) mass is 443 g/mol. The van der Waals surface area contributed by atoms with Gasteiger partial charge in [-0.1, -0.05) is 101 Å². The molecule has 2 aromatic rings. The molecule has 0 bridgehead atoms. The van der Waals surface area contributed by atoms with Gasteiger partial charge >= 0.3 is 0 Å². The molecule has 1 aliphatic carbocycles. The van der Waals surface area contributed by atoms with Gasteiger partial charge in [-0.15, -0.1) is 0 Å². The molecule has 0 atom stereocenters. The molecule has 0 saturated heterocycles. The molecule has 0 radical (unpaired) electrons. The number of benzene rings is 2. The molecule has 0 unspecified atom stereocenters. The molecule has 0 aromatic heterocycles. The molecular weight excluding hydrogens is 402 g/mol. The standard InChI is InChI=1S/C31H41NO/c1-3-5-7-8-9-21-31(24-32)22-19-28(20-23-31)27-13-11-25(12-14-27)26-15-17-29(18-16-26)30(33)10-6-4-2/h11-18,28H,3-10,19-23H2,1-2H3. The van der Waals surface area contributed by atoms with Gasteiger partial charge in [0, 0.05) is 12.0 Å². The fourth-order valence-electron chi connectivity index (χ4n) is 5.27. The fourth-order valence-corrected chi connectivity index (χ4v) is 5.27. The van der Waals surface area contributed by atoms with Gasteiger partial charge < -0.3 is 0 Å². The van der Waals surface area contributed by atoms with Crippen LogP contribution in [0.25, 0.3) is 11.1 Å². The second kappa shape index (κ2) is 12.7. The summed E-state index contributed by atoms with van der Waals surface area (Å²) in [6.45, 7) is 4.36. The SMILES string of the molecule is CCCCCCCC1(C#N)CCC(c2ccc(-c3ccc(C(=O)CCCC)cc3)cc2)CC1. The van der Waals surface area contributed by atoms with Gasteiger partial charge in [0.1, 0.15) is 0 Å². The maximum atomic E-state index is 12.2. The Balaban J connectivity index is 1.54. The van der Waals surface area contributed by atoms with Crippen molar-refractivity contribution in [2.45, 2.75) is 103 Å². The largest absolute Gasteiger partial charge is 0.294 e. The van der Waals surface area contributed by atoms with Gasteiger partial charge in [-0.05, 0) is 61.1 Å². The van der Waals surface area contributed by atoms with Gasteiger partial charge in [0.25, 0.3) is 0 Å². The van der Waals surface area contributed by atoms with Crippen molar-refractivity contribution in [3.8, 4) is 17.2 Å². The van der Waals surface area contributed by atoms with Crippen molar-refractivity contribution < 1.29 is 4.79 Å². The average molecular weight is 444 g/mol. The maximum absolute atomic E-state index is 12.2. The normalized spacial score (nSPS) is 20.3. The van der Waals surface area contributed by atoms with Crippen molar-refractivity contribution in [3.05, 3.63) is 59.7 Å². The summed E-state index contributed by atoms with van der Waals surface area (Å²) in [6.07, 6.45) is 14.4. The molecule has 2 heteroatoms. The Morgan fingerprint density at radius 2 is 1.42 bits per heavy atom. The number of unbranched alkanes of at least 4 members (excludes halogenated alkanes) is 5. The third-order valence-electron chi connectivity index (χ3n) is 7.62. The minimum atomic E-state index is -0.0844. The fraction of sp³-hybridized carbons (Fsp3) is 0.548. The number of rotatable bonds is 12. The van der Waals surface area contributed by atoms with Crippen molar-refractivity contribution in [3.63, 3.8) is 0 Å². The highest BCUT2D eigenvalue weighted by molar-refractivity contribution is 5.96. The van der Waals surface area contributed by atoms with Crippen LogP contribution in [0.4, 0.5) is 0 Å². The Morgan fingerprint density at radius 3 is 2.00 bits per heavy atom. The van der Waals surface area contributed by atoms with Crippen LogP contribution in [0.1, 0.15) is 119 Å². The number of nitrogens with zero attached hydrogens (tertiary/aromatic N) is 1. The molecule has 1 aliphatic rings. The molecular formula is C31H41NO. The van der Waals surface area contributed by atoms with Crippen molar-refractivity contribution in [2.24, 2.45) is 5.41 Å². The summed E-state index contributed by atoms with van der Waals surface area (Å²) < 4.78 is 0. The van der Waals surface area contributed by atoms with E-state index in [1.165, 1.54) is 43.2 Å². The van der Waals surface area contributed by atoms with E-state index in [0.717, 1.165) is 56.1 Å². The topological polar surface area (TPSA) is 40.9 Å². The van der Waals surface area contributed by atoms with E-state index in [0.29, 0.717) is 12.3 Å². The van der Waals surface area contributed by atoms with Crippen LogP contribution in [-0.4, -0.2) is 5.78 Å². The van der Waals surface area contributed by atoms with E-state index in [4.69, 9.17) is 0 Å². The Labute approximate surface area is 201 Å². The number of carbonyl (C=O) groups is 1. The molecule has 0 amide bonds. The zero-order chi connectivity index (χ0) is 23.5. The van der Waals surface area contributed by atoms with E-state index >= 15 is 0 Å². The first-order valence-corrected chi connectivity index (χ1v) is 13.3. The molecule has 2 aromatic carbocycles. The zero-order valence-corrected chi connectivity index (χ0v) is 20.7. The van der Waals surface area contributed by atoms with Gasteiger partial charge in [0.05, 0.1) is 11.5 Å². The summed E-state index contributed by atoms with van der Waals surface area (Å²) in [6, 6.07) is 19.7. The second-order valence-electron chi connectivity index (χ2n) is 10.1. The molecule has 0 aliphatic heterocycles. The van der Waals surface area contributed by atoms with Crippen LogP contribution >= 0.6 is 0 Å². The van der Waals surface area contributed by atoms with Crippen LogP contribution in [0.5, 0.6) is 0 Å². The minimum absolute atomic E-state index is 0.0844. The van der Waals surface area contributed by atoms with Gasteiger partial charge in [-0.2, -0.15) is 5.26 Å². The zero-order valence-electron chi connectivity index (χ0n) is 20.7. The summed E-state index contributed by atoms with van der Waals surface area (Å²) >= 11 is 0. The van der Waals surface area contributed by atoms with Gasteiger partial charge in [-0.25, -0.2) is 0 Å². The minimum Gasteiger partial charge on any atom is -0.294 e. The summed E-state index contributed by atoms with van der Waals surface area (Å²) in [5.74, 6) is 0.810. The molecule has 2 nitrogen and oxygen atoms in total. The molecule has 176 valence electrons. The highest BCUT2D eigenvalue weighted by atomic mass is 16.1. The first kappa shape index (κ1) is 25.2. The Morgan fingerprint density at radius 1 is 0.848 bits per heavy atom. The highest BCUT2D eigenvalue weighted by Gasteiger charge is 2.35. The highest BCUT2D eigenvalue weighted by Crippen LogP contribution is 2.45. The van der Waals surface area contributed by atoms with Crippen molar-refractivity contribution in [1.29, 1.82) is 5.26 Å². The molecule has 3 rings (SSSR count). The Kier molecular flexibility index (Phi) is 9.74. The van der Waals surface area contributed by atoms with Crippen molar-refractivity contribution in [2.75, 3.05) is 0 Å². The number of ketones is 1. The molecule has 0 heterocycles. The molecule has 0 N–H and O–H groups in total. The Hall–Kier alpha value is -2.40. The Bertz CT molecular complexity index is 895. The number of hydrogen-bond acceptors (Lipinski definition) is 2. The summed E-state index contributed by atoms with van der Waals surface area (Å²) in [5.41, 5.74) is 4.49. The number of nitriles is 1. The molecule has 1 fully saturated rings. The summed E-state index contributed by atoms with van der Waals surface area (Å²) in [7, 11) is 0. The van der Waals surface area contributed by atoms with Crippen LogP contribution in [0.3, 0.4) is 0 Å². The predicted molar refractivity (Wildman–Crippen MR) is 138 cm³/mol. The molecule has 1 saturated carbocycles. The van der Waals surface area contributed by atoms with Crippen LogP contribution in [0, 0.1) is 16.7 Å². The predicted octanol–water partition coefficient (Wildman–Crippen LogP) is 9.25. The maximum Gasteiger partial charge on any atom is 0.162 e. The lowest BCUT2D eigenvalue weighted by Crippen LogP contribution is -2.25. The third kappa shape index (κ3) is 7.04. The van der Waals surface area contributed by atoms with E-state index in [1.54, 1.807) is 0 Å². The van der Waals surface area contributed by atoms with Gasteiger partial charge in [0.15, 0.2) is 5.78 Å². The van der Waals surface area contributed by atoms with E-state index in [2.05, 4.69) is 56.3 Å². The van der Waals surface area contributed by atoms with Crippen LogP contribution in [0.2, 0.25) is 0 Å². The first-order chi connectivity index (χ1) is 16.1. The van der Waals surface area contributed by atoms with Crippen LogP contribution in [-0.2, 0) is 0 Å². The van der Waals surface area contributed by atoms with E-state index in [1.807, 2.05) is 12.1 Å². The summed E-state index contributed by atoms with van der Waals surface area (Å²) in [4.78, 5) is 12.2. The van der Waals surface area contributed by atoms with E-state index in [9.17, 15) is 10.1 Å². The lowest BCUT2D eigenvalue weighted by atomic mass is 9.67. The number of carbonyl (C=O) groups excluding carboxylic acids is 1. The van der Waals surface area contributed by atoms with Gasteiger partial charge in [-0.3, -0.25) is 4.79 Å². The average Bonchev–Trinajstić information content (AvgIpc) is 2.88. The number of Topliss-reactive ketones (excluding diaryl/α,β-unsaturated/α-hetero) is 1. The first-order valence-electron chi connectivity index (χ1n) is 13.3. The van der Waals surface area contributed by atoms with Crippen molar-refractivity contribution in [1.82, 2.24) is 0 Å².